The zero-order valence-corrected chi connectivity index (χ0v) is 19.1. The van der Waals surface area contributed by atoms with Crippen molar-refractivity contribution in [3.63, 3.8) is 0 Å². The van der Waals surface area contributed by atoms with Crippen LogP contribution in [0.1, 0.15) is 36.3 Å². The van der Waals surface area contributed by atoms with Crippen LogP contribution in [0, 0.1) is 21.4 Å². The standard InChI is InChI=1S/C26H18F3N5O3/c27-26(28,29)17-8-9-19(21(13-17)34(36)37)33-20-6-3-7-22(35)24(20)23(16-5-4-10-31-15-16)18(14-30)25(33)32-11-1-2-12-32/h1-2,4-5,8-13,15,23H,3,6-7H2/t23-/m1/s1. The number of carbonyl (C=O) groups is 1. The average Bonchev–Trinajstić information content (AvgIpc) is 3.42. The summed E-state index contributed by atoms with van der Waals surface area (Å²) < 4.78 is 41.9. The van der Waals surface area contributed by atoms with Gasteiger partial charge in [-0.2, -0.15) is 18.4 Å². The smallest absolute Gasteiger partial charge is 0.309 e. The number of aromatic nitrogens is 2. The fraction of sp³-hybridized carbons (Fsp3) is 0.192. The van der Waals surface area contributed by atoms with E-state index in [0.717, 1.165) is 12.1 Å². The van der Waals surface area contributed by atoms with Crippen LogP contribution in [0.5, 0.6) is 0 Å². The molecule has 37 heavy (non-hydrogen) atoms. The highest BCUT2D eigenvalue weighted by Gasteiger charge is 2.44. The number of ketones is 1. The molecular weight excluding hydrogens is 487 g/mol. The molecule has 0 saturated heterocycles. The number of benzene rings is 1. The molecule has 2 aromatic heterocycles. The third kappa shape index (κ3) is 4.06. The normalized spacial score (nSPS) is 18.1. The van der Waals surface area contributed by atoms with Crippen molar-refractivity contribution in [2.45, 2.75) is 31.4 Å². The molecular formula is C26H18F3N5O3. The highest BCUT2D eigenvalue weighted by molar-refractivity contribution is 6.03. The Bertz CT molecular complexity index is 1500. The Hall–Kier alpha value is -4.72. The van der Waals surface area contributed by atoms with Gasteiger partial charge in [-0.1, -0.05) is 6.07 Å². The van der Waals surface area contributed by atoms with Crippen LogP contribution in [0.3, 0.4) is 0 Å². The summed E-state index contributed by atoms with van der Waals surface area (Å²) in [5.41, 5.74) is -0.714. The van der Waals surface area contributed by atoms with Crippen LogP contribution in [0.25, 0.3) is 5.82 Å². The van der Waals surface area contributed by atoms with E-state index in [0.29, 0.717) is 35.7 Å². The van der Waals surface area contributed by atoms with Crippen LogP contribution in [0.2, 0.25) is 0 Å². The molecule has 0 saturated carbocycles. The number of nitro benzene ring substituents is 1. The Morgan fingerprint density at radius 1 is 1.14 bits per heavy atom. The molecule has 8 nitrogen and oxygen atoms in total. The summed E-state index contributed by atoms with van der Waals surface area (Å²) in [5.74, 6) is -0.810. The van der Waals surface area contributed by atoms with Gasteiger partial charge in [0.2, 0.25) is 0 Å². The van der Waals surface area contributed by atoms with Crippen molar-refractivity contribution in [2.24, 2.45) is 0 Å². The second-order valence-electron chi connectivity index (χ2n) is 8.59. The monoisotopic (exact) mass is 505 g/mol. The Kier molecular flexibility index (Phi) is 5.87. The second kappa shape index (κ2) is 9.05. The zero-order chi connectivity index (χ0) is 26.3. The zero-order valence-electron chi connectivity index (χ0n) is 19.1. The van der Waals surface area contributed by atoms with Crippen LogP contribution in [0.4, 0.5) is 24.5 Å². The van der Waals surface area contributed by atoms with Crippen molar-refractivity contribution in [3.8, 4) is 6.07 Å². The Morgan fingerprint density at radius 2 is 1.89 bits per heavy atom. The maximum absolute atomic E-state index is 13.4. The number of hydrogen-bond donors (Lipinski definition) is 0. The maximum Gasteiger partial charge on any atom is 0.416 e. The number of allylic oxidation sites excluding steroid dienone is 3. The second-order valence-corrected chi connectivity index (χ2v) is 8.59. The van der Waals surface area contributed by atoms with Gasteiger partial charge in [-0.25, -0.2) is 0 Å². The predicted molar refractivity (Wildman–Crippen MR) is 127 cm³/mol. The van der Waals surface area contributed by atoms with Crippen molar-refractivity contribution >= 4 is 23.0 Å². The summed E-state index contributed by atoms with van der Waals surface area (Å²) in [6.07, 6.45) is 2.58. The maximum atomic E-state index is 13.4. The van der Waals surface area contributed by atoms with E-state index < -0.39 is 28.3 Å². The van der Waals surface area contributed by atoms with Gasteiger partial charge in [-0.15, -0.1) is 0 Å². The summed E-state index contributed by atoms with van der Waals surface area (Å²) in [6.45, 7) is 0. The topological polar surface area (TPSA) is 105 Å². The van der Waals surface area contributed by atoms with E-state index in [1.54, 1.807) is 53.6 Å². The molecule has 2 aliphatic rings. The van der Waals surface area contributed by atoms with Crippen molar-refractivity contribution in [1.29, 1.82) is 5.26 Å². The van der Waals surface area contributed by atoms with Gasteiger partial charge in [0.1, 0.15) is 11.5 Å². The number of carbonyl (C=O) groups excluding carboxylic acids is 1. The molecule has 1 aromatic carbocycles. The molecule has 5 rings (SSSR count). The molecule has 1 atom stereocenters. The number of alkyl halides is 3. The van der Waals surface area contributed by atoms with Crippen LogP contribution in [-0.4, -0.2) is 20.3 Å². The highest BCUT2D eigenvalue weighted by atomic mass is 19.4. The summed E-state index contributed by atoms with van der Waals surface area (Å²) >= 11 is 0. The van der Waals surface area contributed by atoms with Gasteiger partial charge in [0.15, 0.2) is 5.78 Å². The minimum Gasteiger partial charge on any atom is -0.309 e. The molecule has 0 bridgehead atoms. The number of anilines is 1. The van der Waals surface area contributed by atoms with Gasteiger partial charge in [0.05, 0.1) is 28.0 Å². The predicted octanol–water partition coefficient (Wildman–Crippen LogP) is 5.81. The molecule has 0 fully saturated rings. The molecule has 0 amide bonds. The molecule has 3 heterocycles. The lowest BCUT2D eigenvalue weighted by Gasteiger charge is -2.40. The van der Waals surface area contributed by atoms with Gasteiger partial charge < -0.3 is 4.57 Å². The number of rotatable bonds is 4. The van der Waals surface area contributed by atoms with Gasteiger partial charge in [-0.05, 0) is 48.7 Å². The van der Waals surface area contributed by atoms with Crippen molar-refractivity contribution < 1.29 is 22.9 Å². The van der Waals surface area contributed by atoms with Crippen LogP contribution in [-0.2, 0) is 11.0 Å². The average molecular weight is 505 g/mol. The quantitative estimate of drug-likeness (QED) is 0.327. The number of Topliss-reactive ketones (excluding diaryl/α,β-unsaturated/α-hetero) is 1. The first-order chi connectivity index (χ1) is 17.7. The van der Waals surface area contributed by atoms with Gasteiger partial charge >= 0.3 is 6.18 Å². The van der Waals surface area contributed by atoms with Gasteiger partial charge in [0, 0.05) is 48.5 Å². The Labute approximate surface area is 208 Å². The SMILES string of the molecule is N#CC1=C(n2cccc2)N(c2ccc(C(F)(F)F)cc2[N+](=O)[O-])C2=C(C(=O)CCC2)[C@@H]1c1cccnc1. The number of pyridine rings is 1. The van der Waals surface area contributed by atoms with E-state index in [-0.39, 0.29) is 29.3 Å². The van der Waals surface area contributed by atoms with E-state index >= 15 is 0 Å². The first kappa shape index (κ1) is 24.0. The van der Waals surface area contributed by atoms with Crippen LogP contribution >= 0.6 is 0 Å². The van der Waals surface area contributed by atoms with E-state index in [1.807, 2.05) is 0 Å². The summed E-state index contributed by atoms with van der Waals surface area (Å²) in [5, 5.41) is 22.4. The lowest BCUT2D eigenvalue weighted by Crippen LogP contribution is -2.37. The fourth-order valence-corrected chi connectivity index (χ4v) is 4.95. The summed E-state index contributed by atoms with van der Waals surface area (Å²) in [4.78, 5) is 30.0. The molecule has 0 radical (unpaired) electrons. The molecule has 3 aromatic rings. The molecule has 1 aliphatic heterocycles. The Morgan fingerprint density at radius 3 is 2.51 bits per heavy atom. The first-order valence-corrected chi connectivity index (χ1v) is 11.3. The van der Waals surface area contributed by atoms with Crippen LogP contribution in [0.15, 0.2) is 84.1 Å². The minimum absolute atomic E-state index is 0.118. The third-order valence-electron chi connectivity index (χ3n) is 6.46. The van der Waals surface area contributed by atoms with E-state index in [1.165, 1.54) is 4.90 Å². The molecule has 1 aliphatic carbocycles. The molecule has 186 valence electrons. The molecule has 0 N–H and O–H groups in total. The minimum atomic E-state index is -4.79. The van der Waals surface area contributed by atoms with E-state index in [9.17, 15) is 33.3 Å². The van der Waals surface area contributed by atoms with Crippen molar-refractivity contribution in [1.82, 2.24) is 9.55 Å². The largest absolute Gasteiger partial charge is 0.416 e. The van der Waals surface area contributed by atoms with E-state index in [4.69, 9.17) is 0 Å². The highest BCUT2D eigenvalue weighted by Crippen LogP contribution is 2.50. The summed E-state index contributed by atoms with van der Waals surface area (Å²) in [7, 11) is 0. The third-order valence-corrected chi connectivity index (χ3v) is 6.46. The lowest BCUT2D eigenvalue weighted by molar-refractivity contribution is -0.384. The van der Waals surface area contributed by atoms with Gasteiger partial charge in [0.25, 0.3) is 5.69 Å². The molecule has 11 heteroatoms. The fourth-order valence-electron chi connectivity index (χ4n) is 4.95. The summed E-state index contributed by atoms with van der Waals surface area (Å²) in [6, 6.07) is 11.2. The number of nitriles is 1. The Balaban J connectivity index is 1.87. The molecule has 0 spiro atoms. The lowest BCUT2D eigenvalue weighted by atomic mass is 9.76. The molecule has 0 unspecified atom stereocenters. The van der Waals surface area contributed by atoms with Gasteiger partial charge in [-0.3, -0.25) is 24.8 Å². The number of nitrogens with zero attached hydrogens (tertiary/aromatic N) is 5. The van der Waals surface area contributed by atoms with Crippen molar-refractivity contribution in [3.05, 3.63) is 105 Å². The first-order valence-electron chi connectivity index (χ1n) is 11.3. The van der Waals surface area contributed by atoms with E-state index in [2.05, 4.69) is 11.1 Å². The number of halogens is 3. The number of nitro groups is 1. The van der Waals surface area contributed by atoms with Crippen LogP contribution < -0.4 is 4.90 Å². The van der Waals surface area contributed by atoms with Crippen molar-refractivity contribution in [2.75, 3.05) is 4.90 Å². The number of hydrogen-bond acceptors (Lipinski definition) is 6.